The lowest BCUT2D eigenvalue weighted by Gasteiger charge is -2.11. The number of benzene rings is 2. The molecule has 0 saturated carbocycles. The Kier molecular flexibility index (Phi) is 6.56. The molecule has 2 aromatic carbocycles. The first kappa shape index (κ1) is 17.4. The predicted octanol–water partition coefficient (Wildman–Crippen LogP) is 5.10. The number of urea groups is 1. The Balaban J connectivity index is 1.80. The molecule has 0 spiro atoms. The van der Waals surface area contributed by atoms with Gasteiger partial charge in [-0.1, -0.05) is 54.7 Å². The summed E-state index contributed by atoms with van der Waals surface area (Å²) in [6.07, 6.45) is 2.14. The van der Waals surface area contributed by atoms with Crippen molar-refractivity contribution in [1.82, 2.24) is 5.32 Å². The molecule has 0 heterocycles. The fourth-order valence-corrected chi connectivity index (χ4v) is 2.49. The Labute approximate surface area is 145 Å². The third-order valence-corrected chi connectivity index (χ3v) is 3.76. The van der Waals surface area contributed by atoms with Gasteiger partial charge >= 0.3 is 6.03 Å². The molecule has 0 unspecified atom stereocenters. The molecular weight excluding hydrogens is 335 g/mol. The number of carbonyl (C=O) groups excluding carboxylic acids is 1. The SMILES string of the molecule is CCCc1ccc(OCNC(=O)Nc2c(Cl)cccc2Cl)cc1. The molecule has 0 aliphatic rings. The van der Waals surface area contributed by atoms with Crippen LogP contribution < -0.4 is 15.4 Å². The fourth-order valence-electron chi connectivity index (χ4n) is 2.00. The van der Waals surface area contributed by atoms with Crippen LogP contribution in [-0.4, -0.2) is 12.8 Å². The number of carbonyl (C=O) groups is 1. The first-order valence-corrected chi connectivity index (χ1v) is 8.06. The average Bonchev–Trinajstić information content (AvgIpc) is 2.53. The number of halogens is 2. The lowest BCUT2D eigenvalue weighted by atomic mass is 10.1. The third kappa shape index (κ3) is 5.34. The van der Waals surface area contributed by atoms with E-state index in [2.05, 4.69) is 17.6 Å². The predicted molar refractivity (Wildman–Crippen MR) is 94.5 cm³/mol. The molecule has 122 valence electrons. The van der Waals surface area contributed by atoms with Crippen LogP contribution in [0.25, 0.3) is 0 Å². The number of para-hydroxylation sites is 1. The van der Waals surface area contributed by atoms with Crippen molar-refractivity contribution in [3.63, 3.8) is 0 Å². The van der Waals surface area contributed by atoms with Gasteiger partial charge in [0.2, 0.25) is 0 Å². The molecule has 0 bridgehead atoms. The molecule has 2 N–H and O–H groups in total. The highest BCUT2D eigenvalue weighted by atomic mass is 35.5. The van der Waals surface area contributed by atoms with Crippen molar-refractivity contribution in [2.45, 2.75) is 19.8 Å². The van der Waals surface area contributed by atoms with E-state index in [9.17, 15) is 4.79 Å². The van der Waals surface area contributed by atoms with Gasteiger partial charge in [-0.2, -0.15) is 0 Å². The lowest BCUT2D eigenvalue weighted by Crippen LogP contribution is -2.32. The van der Waals surface area contributed by atoms with E-state index >= 15 is 0 Å². The van der Waals surface area contributed by atoms with Gasteiger partial charge in [-0.15, -0.1) is 0 Å². The molecule has 0 saturated heterocycles. The number of rotatable bonds is 6. The number of nitrogens with one attached hydrogen (secondary N) is 2. The van der Waals surface area contributed by atoms with Crippen molar-refractivity contribution in [2.75, 3.05) is 12.0 Å². The highest BCUT2D eigenvalue weighted by Gasteiger charge is 2.09. The summed E-state index contributed by atoms with van der Waals surface area (Å²) >= 11 is 12.0. The molecule has 4 nitrogen and oxygen atoms in total. The monoisotopic (exact) mass is 352 g/mol. The maximum Gasteiger partial charge on any atom is 0.321 e. The second kappa shape index (κ2) is 8.65. The van der Waals surface area contributed by atoms with Crippen LogP contribution in [0.5, 0.6) is 5.75 Å². The topological polar surface area (TPSA) is 50.4 Å². The maximum absolute atomic E-state index is 11.8. The third-order valence-electron chi connectivity index (χ3n) is 3.13. The molecule has 6 heteroatoms. The Hall–Kier alpha value is -1.91. The number of amides is 2. The molecule has 0 atom stereocenters. The minimum Gasteiger partial charge on any atom is -0.473 e. The first-order valence-electron chi connectivity index (χ1n) is 7.30. The molecule has 0 aliphatic heterocycles. The smallest absolute Gasteiger partial charge is 0.321 e. The zero-order valence-corrected chi connectivity index (χ0v) is 14.2. The van der Waals surface area contributed by atoms with Crippen LogP contribution in [-0.2, 0) is 6.42 Å². The van der Waals surface area contributed by atoms with E-state index in [0.29, 0.717) is 21.5 Å². The van der Waals surface area contributed by atoms with Crippen LogP contribution in [0.15, 0.2) is 42.5 Å². The quantitative estimate of drug-likeness (QED) is 0.710. The first-order chi connectivity index (χ1) is 11.1. The van der Waals surface area contributed by atoms with Gasteiger partial charge in [-0.3, -0.25) is 0 Å². The number of hydrogen-bond donors (Lipinski definition) is 2. The summed E-state index contributed by atoms with van der Waals surface area (Å²) < 4.78 is 5.47. The molecule has 0 aromatic heterocycles. The Morgan fingerprint density at radius 3 is 2.35 bits per heavy atom. The van der Waals surface area contributed by atoms with Crippen LogP contribution in [0.3, 0.4) is 0 Å². The zero-order valence-electron chi connectivity index (χ0n) is 12.7. The minimum absolute atomic E-state index is 0.0427. The molecule has 2 amide bonds. The van der Waals surface area contributed by atoms with Gasteiger partial charge in [-0.25, -0.2) is 4.79 Å². The zero-order chi connectivity index (χ0) is 16.7. The molecule has 2 rings (SSSR count). The Bertz CT molecular complexity index is 640. The van der Waals surface area contributed by atoms with Crippen molar-refractivity contribution in [2.24, 2.45) is 0 Å². The Morgan fingerprint density at radius 2 is 1.74 bits per heavy atom. The van der Waals surface area contributed by atoms with Crippen LogP contribution >= 0.6 is 23.2 Å². The summed E-state index contributed by atoms with van der Waals surface area (Å²) in [4.78, 5) is 11.8. The molecule has 0 aliphatic carbocycles. The summed E-state index contributed by atoms with van der Waals surface area (Å²) in [6, 6.07) is 12.4. The summed E-state index contributed by atoms with van der Waals surface area (Å²) in [5.41, 5.74) is 1.64. The second-order valence-electron chi connectivity index (χ2n) is 4.91. The number of hydrogen-bond acceptors (Lipinski definition) is 2. The van der Waals surface area contributed by atoms with Crippen LogP contribution in [0.2, 0.25) is 10.0 Å². The normalized spacial score (nSPS) is 10.2. The van der Waals surface area contributed by atoms with E-state index in [0.717, 1.165) is 12.8 Å². The molecular formula is C17H18Cl2N2O2. The summed E-state index contributed by atoms with van der Waals surface area (Å²) in [5.74, 6) is 0.695. The van der Waals surface area contributed by atoms with Crippen molar-refractivity contribution >= 4 is 34.9 Å². The Morgan fingerprint density at radius 1 is 1.09 bits per heavy atom. The second-order valence-corrected chi connectivity index (χ2v) is 5.72. The van der Waals surface area contributed by atoms with Crippen molar-refractivity contribution in [3.05, 3.63) is 58.1 Å². The van der Waals surface area contributed by atoms with Crippen LogP contribution in [0.1, 0.15) is 18.9 Å². The van der Waals surface area contributed by atoms with Crippen molar-refractivity contribution in [1.29, 1.82) is 0 Å². The van der Waals surface area contributed by atoms with Gasteiger partial charge < -0.3 is 15.4 Å². The van der Waals surface area contributed by atoms with E-state index in [1.807, 2.05) is 24.3 Å². The van der Waals surface area contributed by atoms with Crippen LogP contribution in [0.4, 0.5) is 10.5 Å². The molecule has 0 radical (unpaired) electrons. The molecule has 2 aromatic rings. The highest BCUT2D eigenvalue weighted by Crippen LogP contribution is 2.29. The van der Waals surface area contributed by atoms with Gasteiger partial charge in [0.15, 0.2) is 6.73 Å². The minimum atomic E-state index is -0.442. The van der Waals surface area contributed by atoms with Gasteiger partial charge in [0, 0.05) is 0 Å². The largest absolute Gasteiger partial charge is 0.473 e. The van der Waals surface area contributed by atoms with Crippen molar-refractivity contribution in [3.8, 4) is 5.75 Å². The standard InChI is InChI=1S/C17H18Cl2N2O2/c1-2-4-12-7-9-13(10-8-12)23-11-20-17(22)21-16-14(18)5-3-6-15(16)19/h3,5-10H,2,4,11H2,1H3,(H2,20,21,22). The van der Waals surface area contributed by atoms with E-state index < -0.39 is 6.03 Å². The lowest BCUT2D eigenvalue weighted by molar-refractivity contribution is 0.234. The van der Waals surface area contributed by atoms with Crippen LogP contribution in [0, 0.1) is 0 Å². The number of aryl methyl sites for hydroxylation is 1. The maximum atomic E-state index is 11.8. The summed E-state index contributed by atoms with van der Waals surface area (Å²) in [6.45, 7) is 2.18. The van der Waals surface area contributed by atoms with E-state index in [1.165, 1.54) is 5.56 Å². The number of anilines is 1. The average molecular weight is 353 g/mol. The van der Waals surface area contributed by atoms with E-state index in [1.54, 1.807) is 18.2 Å². The fraction of sp³-hybridized carbons (Fsp3) is 0.235. The molecule has 0 fully saturated rings. The summed E-state index contributed by atoms with van der Waals surface area (Å²) in [7, 11) is 0. The van der Waals surface area contributed by atoms with E-state index in [-0.39, 0.29) is 6.73 Å². The van der Waals surface area contributed by atoms with E-state index in [4.69, 9.17) is 27.9 Å². The van der Waals surface area contributed by atoms with Crippen molar-refractivity contribution < 1.29 is 9.53 Å². The highest BCUT2D eigenvalue weighted by molar-refractivity contribution is 6.39. The summed E-state index contributed by atoms with van der Waals surface area (Å²) in [5, 5.41) is 5.93. The molecule has 23 heavy (non-hydrogen) atoms. The van der Waals surface area contributed by atoms with Gasteiger partial charge in [0.25, 0.3) is 0 Å². The number of ether oxygens (including phenoxy) is 1. The van der Waals surface area contributed by atoms with Gasteiger partial charge in [0.1, 0.15) is 5.75 Å². The van der Waals surface area contributed by atoms with Gasteiger partial charge in [-0.05, 0) is 36.2 Å². The van der Waals surface area contributed by atoms with Gasteiger partial charge in [0.05, 0.1) is 15.7 Å².